The van der Waals surface area contributed by atoms with Gasteiger partial charge in [0.05, 0.1) is 6.61 Å². The highest BCUT2D eigenvalue weighted by Crippen LogP contribution is 2.33. The summed E-state index contributed by atoms with van der Waals surface area (Å²) in [5.74, 6) is 0.909. The summed E-state index contributed by atoms with van der Waals surface area (Å²) < 4.78 is 1.10. The molecule has 1 saturated heterocycles. The van der Waals surface area contributed by atoms with Gasteiger partial charge in [0, 0.05) is 10.4 Å². The number of hydrogen-bond acceptors (Lipinski definition) is 2. The van der Waals surface area contributed by atoms with Gasteiger partial charge in [-0.05, 0) is 56.6 Å². The minimum absolute atomic E-state index is 0.255. The number of benzene rings is 1. The van der Waals surface area contributed by atoms with Gasteiger partial charge in [0.25, 0.3) is 0 Å². The van der Waals surface area contributed by atoms with Crippen molar-refractivity contribution in [1.29, 1.82) is 0 Å². The van der Waals surface area contributed by atoms with E-state index in [4.69, 9.17) is 0 Å². The Morgan fingerprint density at radius 3 is 2.71 bits per heavy atom. The minimum Gasteiger partial charge on any atom is -0.396 e. The first kappa shape index (κ1) is 13.1. The third-order valence-corrected chi connectivity index (χ3v) is 4.30. The van der Waals surface area contributed by atoms with E-state index in [1.54, 1.807) is 0 Å². The highest BCUT2D eigenvalue weighted by Gasteiger charge is 2.26. The average Bonchev–Trinajstić information content (AvgIpc) is 2.33. The van der Waals surface area contributed by atoms with Crippen LogP contribution in [0.4, 0.5) is 0 Å². The fourth-order valence-electron chi connectivity index (χ4n) is 2.69. The molecule has 1 aliphatic rings. The van der Waals surface area contributed by atoms with Crippen molar-refractivity contribution in [3.63, 3.8) is 0 Å². The van der Waals surface area contributed by atoms with Crippen molar-refractivity contribution < 1.29 is 5.11 Å². The second kappa shape index (κ2) is 5.98. The molecule has 0 amide bonds. The van der Waals surface area contributed by atoms with Gasteiger partial charge in [0.2, 0.25) is 0 Å². The molecule has 1 aromatic rings. The summed E-state index contributed by atoms with van der Waals surface area (Å²) in [7, 11) is 2.17. The van der Waals surface area contributed by atoms with Crippen molar-refractivity contribution in [2.24, 2.45) is 5.92 Å². The second-order valence-electron chi connectivity index (χ2n) is 4.98. The van der Waals surface area contributed by atoms with Crippen LogP contribution >= 0.6 is 15.9 Å². The van der Waals surface area contributed by atoms with Crippen LogP contribution in [0.5, 0.6) is 0 Å². The van der Waals surface area contributed by atoms with E-state index in [-0.39, 0.29) is 6.61 Å². The first-order valence-electron chi connectivity index (χ1n) is 6.25. The van der Waals surface area contributed by atoms with Crippen LogP contribution in [0.1, 0.15) is 24.3 Å². The largest absolute Gasteiger partial charge is 0.396 e. The predicted molar refractivity (Wildman–Crippen MR) is 74.2 cm³/mol. The molecule has 0 bridgehead atoms. The molecule has 94 valence electrons. The maximum Gasteiger partial charge on any atom is 0.0502 e. The molecule has 0 saturated carbocycles. The van der Waals surface area contributed by atoms with Crippen LogP contribution in [0.3, 0.4) is 0 Å². The highest BCUT2D eigenvalue weighted by atomic mass is 79.9. The zero-order valence-corrected chi connectivity index (χ0v) is 11.9. The summed E-state index contributed by atoms with van der Waals surface area (Å²) in [6.45, 7) is 2.55. The Kier molecular flexibility index (Phi) is 4.60. The molecule has 1 N–H and O–H groups in total. The van der Waals surface area contributed by atoms with Crippen molar-refractivity contribution in [3.05, 3.63) is 34.3 Å². The third kappa shape index (κ3) is 3.30. The Morgan fingerprint density at radius 1 is 1.41 bits per heavy atom. The molecular weight excluding hydrogens is 278 g/mol. The molecule has 1 unspecified atom stereocenters. The van der Waals surface area contributed by atoms with Crippen LogP contribution in [0.25, 0.3) is 0 Å². The number of halogens is 1. The topological polar surface area (TPSA) is 23.5 Å². The monoisotopic (exact) mass is 297 g/mol. The summed E-state index contributed by atoms with van der Waals surface area (Å²) >= 11 is 3.50. The minimum atomic E-state index is 0.255. The van der Waals surface area contributed by atoms with Crippen LogP contribution in [0.15, 0.2) is 28.7 Å². The number of piperidine rings is 1. The lowest BCUT2D eigenvalue weighted by atomic mass is 9.80. The van der Waals surface area contributed by atoms with Gasteiger partial charge in [-0.1, -0.05) is 28.1 Å². The van der Waals surface area contributed by atoms with Crippen LogP contribution < -0.4 is 0 Å². The van der Waals surface area contributed by atoms with Crippen LogP contribution in [-0.2, 0) is 0 Å². The molecule has 17 heavy (non-hydrogen) atoms. The molecule has 0 aliphatic carbocycles. The Bertz CT molecular complexity index is 361. The number of hydrogen-bond donors (Lipinski definition) is 1. The van der Waals surface area contributed by atoms with Crippen LogP contribution in [0, 0.1) is 5.92 Å². The molecule has 2 rings (SSSR count). The Balaban J connectivity index is 2.10. The van der Waals surface area contributed by atoms with Gasteiger partial charge in [0.1, 0.15) is 0 Å². The molecule has 0 aromatic heterocycles. The number of aliphatic hydroxyl groups excluding tert-OH is 1. The lowest BCUT2D eigenvalue weighted by molar-refractivity contribution is 0.156. The number of rotatable bonds is 3. The van der Waals surface area contributed by atoms with E-state index in [0.717, 1.165) is 17.6 Å². The lowest BCUT2D eigenvalue weighted by Crippen LogP contribution is -2.33. The molecule has 0 spiro atoms. The van der Waals surface area contributed by atoms with Crippen molar-refractivity contribution in [1.82, 2.24) is 4.90 Å². The van der Waals surface area contributed by atoms with Gasteiger partial charge in [-0.3, -0.25) is 0 Å². The first-order valence-corrected chi connectivity index (χ1v) is 7.05. The number of nitrogens with zero attached hydrogens (tertiary/aromatic N) is 1. The average molecular weight is 298 g/mol. The normalized spacial score (nSPS) is 20.4. The zero-order valence-electron chi connectivity index (χ0n) is 10.3. The SMILES string of the molecule is CN1CCC(C(CO)c2cccc(Br)c2)CC1. The molecule has 0 radical (unpaired) electrons. The standard InChI is InChI=1S/C14H20BrNO/c1-16-7-5-11(6-8-16)14(10-17)12-3-2-4-13(15)9-12/h2-4,9,11,14,17H,5-8,10H2,1H3. The summed E-state index contributed by atoms with van der Waals surface area (Å²) in [6, 6.07) is 8.35. The van der Waals surface area contributed by atoms with E-state index in [1.807, 2.05) is 6.07 Å². The molecular formula is C14H20BrNO. The Hall–Kier alpha value is -0.380. The highest BCUT2D eigenvalue weighted by molar-refractivity contribution is 9.10. The fraction of sp³-hybridized carbons (Fsp3) is 0.571. The van der Waals surface area contributed by atoms with Gasteiger partial charge in [-0.25, -0.2) is 0 Å². The molecule has 1 aliphatic heterocycles. The predicted octanol–water partition coefficient (Wildman–Crippen LogP) is 2.87. The smallest absolute Gasteiger partial charge is 0.0502 e. The van der Waals surface area contributed by atoms with E-state index in [2.05, 4.69) is 46.1 Å². The van der Waals surface area contributed by atoms with Crippen molar-refractivity contribution in [3.8, 4) is 0 Å². The molecule has 1 aromatic carbocycles. The number of likely N-dealkylation sites (tertiary alicyclic amines) is 1. The van der Waals surface area contributed by atoms with E-state index in [9.17, 15) is 5.11 Å². The van der Waals surface area contributed by atoms with E-state index < -0.39 is 0 Å². The quantitative estimate of drug-likeness (QED) is 0.927. The third-order valence-electron chi connectivity index (χ3n) is 3.81. The Labute approximate surface area is 112 Å². The molecule has 1 heterocycles. The van der Waals surface area contributed by atoms with E-state index >= 15 is 0 Å². The van der Waals surface area contributed by atoms with Gasteiger partial charge in [-0.2, -0.15) is 0 Å². The van der Waals surface area contributed by atoms with Gasteiger partial charge in [0.15, 0.2) is 0 Å². The summed E-state index contributed by atoms with van der Waals surface area (Å²) in [4.78, 5) is 2.37. The lowest BCUT2D eigenvalue weighted by Gasteiger charge is -2.33. The first-order chi connectivity index (χ1) is 8.20. The molecule has 2 nitrogen and oxygen atoms in total. The second-order valence-corrected chi connectivity index (χ2v) is 5.90. The van der Waals surface area contributed by atoms with Crippen LogP contribution in [-0.4, -0.2) is 36.8 Å². The van der Waals surface area contributed by atoms with Crippen molar-refractivity contribution >= 4 is 15.9 Å². The summed E-state index contributed by atoms with van der Waals surface area (Å²) in [5.41, 5.74) is 1.26. The van der Waals surface area contributed by atoms with Crippen LogP contribution in [0.2, 0.25) is 0 Å². The maximum absolute atomic E-state index is 9.66. The summed E-state index contributed by atoms with van der Waals surface area (Å²) in [5, 5.41) is 9.66. The number of aliphatic hydroxyl groups is 1. The Morgan fingerprint density at radius 2 is 2.12 bits per heavy atom. The van der Waals surface area contributed by atoms with Crippen molar-refractivity contribution in [2.45, 2.75) is 18.8 Å². The molecule has 1 atom stereocenters. The van der Waals surface area contributed by atoms with E-state index in [0.29, 0.717) is 11.8 Å². The van der Waals surface area contributed by atoms with E-state index in [1.165, 1.54) is 18.4 Å². The zero-order chi connectivity index (χ0) is 12.3. The maximum atomic E-state index is 9.66. The van der Waals surface area contributed by atoms with Gasteiger partial charge < -0.3 is 10.0 Å². The molecule has 1 fully saturated rings. The van der Waals surface area contributed by atoms with Gasteiger partial charge in [-0.15, -0.1) is 0 Å². The summed E-state index contributed by atoms with van der Waals surface area (Å²) in [6.07, 6.45) is 2.38. The van der Waals surface area contributed by atoms with Gasteiger partial charge >= 0.3 is 0 Å². The molecule has 3 heteroatoms. The fourth-order valence-corrected chi connectivity index (χ4v) is 3.11. The van der Waals surface area contributed by atoms with Crippen molar-refractivity contribution in [2.75, 3.05) is 26.7 Å².